The van der Waals surface area contributed by atoms with E-state index in [2.05, 4.69) is 10.6 Å². The number of allylic oxidation sites excluding steroid dienone is 2. The third-order valence-electron chi connectivity index (χ3n) is 2.88. The van der Waals surface area contributed by atoms with Crippen LogP contribution in [0.1, 0.15) is 18.6 Å². The van der Waals surface area contributed by atoms with Gasteiger partial charge in [-0.2, -0.15) is 5.26 Å². The van der Waals surface area contributed by atoms with Gasteiger partial charge in [-0.25, -0.2) is 4.39 Å². The highest BCUT2D eigenvalue weighted by atomic mass is 19.1. The van der Waals surface area contributed by atoms with E-state index in [0.29, 0.717) is 16.9 Å². The molecule has 6 nitrogen and oxygen atoms in total. The van der Waals surface area contributed by atoms with Gasteiger partial charge in [0.05, 0.1) is 18.2 Å². The Hall–Kier alpha value is -2.98. The lowest BCUT2D eigenvalue weighted by molar-refractivity contribution is 0.199. The van der Waals surface area contributed by atoms with Crippen LogP contribution in [0.25, 0.3) is 0 Å². The van der Waals surface area contributed by atoms with Crippen molar-refractivity contribution in [2.75, 3.05) is 11.9 Å². The van der Waals surface area contributed by atoms with E-state index in [9.17, 15) is 9.50 Å². The molecule has 0 saturated heterocycles. The maximum atomic E-state index is 13.3. The van der Waals surface area contributed by atoms with E-state index in [1.54, 1.807) is 0 Å². The molecule has 0 radical (unpaired) electrons. The van der Waals surface area contributed by atoms with E-state index < -0.39 is 11.9 Å². The second kappa shape index (κ2) is 9.12. The number of aliphatic hydroxyl groups excluding tert-OH is 1. The zero-order valence-corrected chi connectivity index (χ0v) is 12.6. The van der Waals surface area contributed by atoms with Gasteiger partial charge in [0.25, 0.3) is 0 Å². The topological polar surface area (TPSA) is 116 Å². The highest BCUT2D eigenvalue weighted by molar-refractivity contribution is 5.80. The highest BCUT2D eigenvalue weighted by Gasteiger charge is 2.10. The van der Waals surface area contributed by atoms with Crippen molar-refractivity contribution >= 4 is 18.1 Å². The van der Waals surface area contributed by atoms with Crippen LogP contribution in [0.4, 0.5) is 10.1 Å². The molecule has 0 heterocycles. The summed E-state index contributed by atoms with van der Waals surface area (Å²) in [6, 6.07) is 5.85. The van der Waals surface area contributed by atoms with Crippen LogP contribution in [0.2, 0.25) is 0 Å². The summed E-state index contributed by atoms with van der Waals surface area (Å²) in [5, 5.41) is 38.5. The average molecular weight is 315 g/mol. The molecule has 0 fully saturated rings. The number of hydrogen-bond acceptors (Lipinski definition) is 6. The molecule has 0 aliphatic heterocycles. The smallest absolute Gasteiger partial charge is 0.123 e. The van der Waals surface area contributed by atoms with Crippen molar-refractivity contribution in [3.05, 3.63) is 53.1 Å². The van der Waals surface area contributed by atoms with Crippen LogP contribution in [-0.2, 0) is 0 Å². The molecule has 1 aromatic rings. The Morgan fingerprint density at radius 2 is 2.22 bits per heavy atom. The van der Waals surface area contributed by atoms with E-state index in [4.69, 9.17) is 16.1 Å². The SMILES string of the molecule is CC(O)c1cc(F)ccc1N/C(=C\C=N)CN/C=C(/C#N)C=N. The molecule has 120 valence electrons. The molecule has 0 bridgehead atoms. The van der Waals surface area contributed by atoms with Crippen LogP contribution < -0.4 is 10.6 Å². The average Bonchev–Trinajstić information content (AvgIpc) is 2.53. The molecule has 0 aliphatic rings. The number of halogens is 1. The van der Waals surface area contributed by atoms with Crippen molar-refractivity contribution in [3.63, 3.8) is 0 Å². The quantitative estimate of drug-likeness (QED) is 0.374. The lowest BCUT2D eigenvalue weighted by Gasteiger charge is -2.16. The van der Waals surface area contributed by atoms with E-state index in [1.807, 2.05) is 6.07 Å². The summed E-state index contributed by atoms with van der Waals surface area (Å²) in [5.41, 5.74) is 1.65. The fourth-order valence-electron chi connectivity index (χ4n) is 1.79. The first kappa shape index (κ1) is 18.1. The van der Waals surface area contributed by atoms with Crippen LogP contribution >= 0.6 is 0 Å². The standard InChI is InChI=1S/C16H18FN5O/c1-11(23)15-6-13(17)2-3-16(15)22-14(4-5-18)10-21-9-12(7-19)8-20/h2-7,9,11,18-19,21-23H,10H2,1H3/b12-9+,14-4-,18-5?,19-7?. The van der Waals surface area contributed by atoms with Crippen LogP contribution in [0, 0.1) is 28.0 Å². The minimum absolute atomic E-state index is 0.158. The number of nitrogens with one attached hydrogen (secondary N) is 4. The summed E-state index contributed by atoms with van der Waals surface area (Å²) in [4.78, 5) is 0. The maximum Gasteiger partial charge on any atom is 0.123 e. The van der Waals surface area contributed by atoms with E-state index in [0.717, 1.165) is 12.4 Å². The molecule has 1 atom stereocenters. The van der Waals surface area contributed by atoms with E-state index >= 15 is 0 Å². The van der Waals surface area contributed by atoms with Gasteiger partial charge in [0.1, 0.15) is 11.9 Å². The third kappa shape index (κ3) is 5.73. The Morgan fingerprint density at radius 3 is 2.78 bits per heavy atom. The Balaban J connectivity index is 2.92. The molecule has 1 rings (SSSR count). The molecular weight excluding hydrogens is 297 g/mol. The monoisotopic (exact) mass is 315 g/mol. The first-order valence-electron chi connectivity index (χ1n) is 6.80. The van der Waals surface area contributed by atoms with Gasteiger partial charge in [0, 0.05) is 35.6 Å². The molecule has 1 unspecified atom stereocenters. The predicted molar refractivity (Wildman–Crippen MR) is 88.0 cm³/mol. The number of nitriles is 1. The molecule has 23 heavy (non-hydrogen) atoms. The lowest BCUT2D eigenvalue weighted by Crippen LogP contribution is -2.17. The Kier molecular flexibility index (Phi) is 7.17. The summed E-state index contributed by atoms with van der Waals surface area (Å²) < 4.78 is 13.3. The summed E-state index contributed by atoms with van der Waals surface area (Å²) in [6.45, 7) is 1.79. The van der Waals surface area contributed by atoms with Crippen molar-refractivity contribution in [1.82, 2.24) is 5.32 Å². The molecular formula is C16H18FN5O. The molecule has 5 N–H and O–H groups in total. The maximum absolute atomic E-state index is 13.3. The van der Waals surface area contributed by atoms with Crippen molar-refractivity contribution in [1.29, 1.82) is 16.1 Å². The van der Waals surface area contributed by atoms with Crippen LogP contribution in [-0.4, -0.2) is 24.1 Å². The van der Waals surface area contributed by atoms with Crippen molar-refractivity contribution in [2.45, 2.75) is 13.0 Å². The predicted octanol–water partition coefficient (Wildman–Crippen LogP) is 2.47. The molecule has 0 saturated carbocycles. The van der Waals surface area contributed by atoms with E-state index in [-0.39, 0.29) is 12.1 Å². The van der Waals surface area contributed by atoms with Crippen LogP contribution in [0.15, 0.2) is 41.7 Å². The van der Waals surface area contributed by atoms with Gasteiger partial charge < -0.3 is 26.6 Å². The molecule has 7 heteroatoms. The summed E-state index contributed by atoms with van der Waals surface area (Å²) in [7, 11) is 0. The Bertz CT molecular complexity index is 674. The number of benzene rings is 1. The molecule has 0 amide bonds. The highest BCUT2D eigenvalue weighted by Crippen LogP contribution is 2.24. The zero-order valence-electron chi connectivity index (χ0n) is 12.6. The number of hydrogen-bond donors (Lipinski definition) is 5. The molecule has 0 spiro atoms. The minimum Gasteiger partial charge on any atom is -0.389 e. The first-order chi connectivity index (χ1) is 11.0. The van der Waals surface area contributed by atoms with Crippen LogP contribution in [0.3, 0.4) is 0 Å². The van der Waals surface area contributed by atoms with E-state index in [1.165, 1.54) is 37.4 Å². The molecule has 0 aromatic heterocycles. The number of aliphatic hydroxyl groups is 1. The van der Waals surface area contributed by atoms with Gasteiger partial charge in [0.2, 0.25) is 0 Å². The van der Waals surface area contributed by atoms with Gasteiger partial charge >= 0.3 is 0 Å². The first-order valence-corrected chi connectivity index (χ1v) is 6.80. The van der Waals surface area contributed by atoms with Crippen molar-refractivity contribution < 1.29 is 9.50 Å². The summed E-state index contributed by atoms with van der Waals surface area (Å²) >= 11 is 0. The molecule has 1 aromatic carbocycles. The van der Waals surface area contributed by atoms with Crippen molar-refractivity contribution in [3.8, 4) is 6.07 Å². The Morgan fingerprint density at radius 1 is 1.48 bits per heavy atom. The number of rotatable bonds is 8. The van der Waals surface area contributed by atoms with Gasteiger partial charge in [0.15, 0.2) is 0 Å². The minimum atomic E-state index is -0.856. The second-order valence-corrected chi connectivity index (χ2v) is 4.63. The van der Waals surface area contributed by atoms with Gasteiger partial charge in [-0.3, -0.25) is 0 Å². The number of nitrogens with zero attached hydrogens (tertiary/aromatic N) is 1. The normalized spacial score (nSPS) is 13.0. The third-order valence-corrected chi connectivity index (χ3v) is 2.88. The van der Waals surface area contributed by atoms with Gasteiger partial charge in [-0.05, 0) is 31.2 Å². The fourth-order valence-corrected chi connectivity index (χ4v) is 1.79. The lowest BCUT2D eigenvalue weighted by atomic mass is 10.1. The summed E-state index contributed by atoms with van der Waals surface area (Å²) in [6.07, 6.45) is 4.03. The van der Waals surface area contributed by atoms with Crippen molar-refractivity contribution in [2.24, 2.45) is 0 Å². The largest absolute Gasteiger partial charge is 0.389 e. The molecule has 0 aliphatic carbocycles. The zero-order chi connectivity index (χ0) is 17.2. The van der Waals surface area contributed by atoms with Gasteiger partial charge in [-0.15, -0.1) is 0 Å². The summed E-state index contributed by atoms with van der Waals surface area (Å²) in [5.74, 6) is -0.449. The Labute approximate surface area is 134 Å². The van der Waals surface area contributed by atoms with Gasteiger partial charge in [-0.1, -0.05) is 0 Å². The second-order valence-electron chi connectivity index (χ2n) is 4.63. The fraction of sp³-hybridized carbons (Fsp3) is 0.188. The van der Waals surface area contributed by atoms with Crippen LogP contribution in [0.5, 0.6) is 0 Å². The number of anilines is 1.